The van der Waals surface area contributed by atoms with Crippen molar-refractivity contribution in [2.45, 2.75) is 73.9 Å². The zero-order chi connectivity index (χ0) is 37.0. The van der Waals surface area contributed by atoms with Crippen LogP contribution >= 0.6 is 27.5 Å². The Morgan fingerprint density at radius 1 is 1.20 bits per heavy atom. The first kappa shape index (κ1) is 38.7. The van der Waals surface area contributed by atoms with Gasteiger partial charge in [0.1, 0.15) is 17.7 Å². The number of methoxy groups -OCH3 is 1. The monoisotopic (exact) mass is 785 g/mol. The number of benzene rings is 2. The maximum absolute atomic E-state index is 14.9. The van der Waals surface area contributed by atoms with Crippen molar-refractivity contribution in [3.05, 3.63) is 90.0 Å². The Balaban J connectivity index is 1.55. The third kappa shape index (κ3) is 7.26. The first-order chi connectivity index (χ1) is 24.4. The average Bonchev–Trinajstić information content (AvgIpc) is 3.71. The molecule has 2 N–H and O–H groups in total. The van der Waals surface area contributed by atoms with Gasteiger partial charge in [0.2, 0.25) is 11.8 Å². The Morgan fingerprint density at radius 3 is 2.55 bits per heavy atom. The molecule has 3 aliphatic heterocycles. The second kappa shape index (κ2) is 16.4. The number of rotatable bonds is 16. The molecule has 0 aliphatic carbocycles. The summed E-state index contributed by atoms with van der Waals surface area (Å²) in [7, 11) is 1.49. The van der Waals surface area contributed by atoms with Crippen LogP contribution in [0.15, 0.2) is 73.8 Å². The highest BCUT2D eigenvalue weighted by molar-refractivity contribution is 9.09. The van der Waals surface area contributed by atoms with E-state index in [1.54, 1.807) is 55.5 Å². The molecule has 2 aromatic carbocycles. The van der Waals surface area contributed by atoms with Crippen molar-refractivity contribution in [2.75, 3.05) is 31.8 Å². The molecule has 3 fully saturated rings. The quantitative estimate of drug-likeness (QED) is 0.143. The van der Waals surface area contributed by atoms with E-state index in [1.807, 2.05) is 19.1 Å². The highest BCUT2D eigenvalue weighted by Crippen LogP contribution is 2.61. The number of nitrogens with one attached hydrogen (secondary N) is 1. The van der Waals surface area contributed by atoms with Crippen molar-refractivity contribution in [3.63, 3.8) is 0 Å². The minimum absolute atomic E-state index is 0.0313. The summed E-state index contributed by atoms with van der Waals surface area (Å²) < 4.78 is 18.4. The number of halogens is 2. The number of aryl methyl sites for hydroxylation is 1. The van der Waals surface area contributed by atoms with E-state index in [0.717, 1.165) is 5.56 Å². The molecule has 3 saturated heterocycles. The Kier molecular flexibility index (Phi) is 12.4. The Bertz CT molecular complexity index is 1620. The number of carbonyl (C=O) groups is 4. The van der Waals surface area contributed by atoms with E-state index in [4.69, 9.17) is 25.8 Å². The molecule has 13 heteroatoms. The van der Waals surface area contributed by atoms with Gasteiger partial charge in [-0.2, -0.15) is 0 Å². The van der Waals surface area contributed by atoms with E-state index >= 15 is 0 Å². The topological polar surface area (TPSA) is 135 Å². The zero-order valence-electron chi connectivity index (χ0n) is 29.0. The highest BCUT2D eigenvalue weighted by Gasteiger charge is 2.77. The van der Waals surface area contributed by atoms with Gasteiger partial charge in [-0.1, -0.05) is 82.1 Å². The molecule has 0 aromatic heterocycles. The van der Waals surface area contributed by atoms with Gasteiger partial charge in [-0.3, -0.25) is 19.2 Å². The van der Waals surface area contributed by atoms with E-state index in [-0.39, 0.29) is 31.9 Å². The predicted octanol–water partition coefficient (Wildman–Crippen LogP) is 4.68. The molecule has 0 saturated carbocycles. The molecule has 2 bridgehead atoms. The number of nitrogens with zero attached hydrogens (tertiary/aromatic N) is 2. The van der Waals surface area contributed by atoms with Crippen LogP contribution in [0.25, 0.3) is 0 Å². The molecule has 1 unspecified atom stereocenters. The summed E-state index contributed by atoms with van der Waals surface area (Å²) >= 11 is 10.4. The number of ether oxygens (including phenoxy) is 3. The van der Waals surface area contributed by atoms with Gasteiger partial charge in [0.15, 0.2) is 0 Å². The van der Waals surface area contributed by atoms with Crippen LogP contribution < -0.4 is 10.2 Å². The van der Waals surface area contributed by atoms with Crippen molar-refractivity contribution in [3.8, 4) is 0 Å². The smallest absolute Gasteiger partial charge is 0.313 e. The third-order valence-corrected chi connectivity index (χ3v) is 11.2. The third-order valence-electron chi connectivity index (χ3n) is 10.0. The fourth-order valence-corrected chi connectivity index (χ4v) is 9.10. The number of amides is 3. The van der Waals surface area contributed by atoms with Crippen LogP contribution in [-0.2, 0) is 33.4 Å². The molecule has 1 spiro atoms. The number of likely N-dealkylation sites (tertiary alicyclic amines) is 1. The number of hydrogen-bond donors (Lipinski definition) is 2. The summed E-state index contributed by atoms with van der Waals surface area (Å²) in [6.07, 6.45) is 2.33. The lowest BCUT2D eigenvalue weighted by atomic mass is 9.70. The van der Waals surface area contributed by atoms with Gasteiger partial charge in [-0.25, -0.2) is 0 Å². The summed E-state index contributed by atoms with van der Waals surface area (Å²) in [6.45, 7) is 10.7. The highest BCUT2D eigenvalue weighted by atomic mass is 79.9. The lowest BCUT2D eigenvalue weighted by Crippen LogP contribution is -2.59. The molecule has 3 aliphatic rings. The minimum atomic E-state index is -1.43. The molecule has 11 nitrogen and oxygen atoms in total. The number of carbonyl (C=O) groups excluding carboxylic acids is 4. The van der Waals surface area contributed by atoms with Crippen molar-refractivity contribution < 1.29 is 38.5 Å². The summed E-state index contributed by atoms with van der Waals surface area (Å²) in [5, 5.41) is 13.6. The van der Waals surface area contributed by atoms with Crippen LogP contribution in [0, 0.1) is 18.8 Å². The number of fused-ring (bicyclic) bond motifs is 1. The number of anilines is 1. The van der Waals surface area contributed by atoms with E-state index in [9.17, 15) is 24.3 Å². The number of esters is 1. The van der Waals surface area contributed by atoms with Gasteiger partial charge in [-0.15, -0.1) is 13.2 Å². The molecular formula is C38H45BrClN3O8. The van der Waals surface area contributed by atoms with Crippen LogP contribution in [0.4, 0.5) is 5.69 Å². The maximum atomic E-state index is 14.9. The lowest BCUT2D eigenvalue weighted by molar-refractivity contribution is -0.163. The van der Waals surface area contributed by atoms with Crippen molar-refractivity contribution in [1.29, 1.82) is 0 Å². The number of aliphatic hydroxyl groups is 1. The van der Waals surface area contributed by atoms with Gasteiger partial charge in [0.25, 0.3) is 5.91 Å². The van der Waals surface area contributed by atoms with Gasteiger partial charge in [-0.05, 0) is 43.9 Å². The average molecular weight is 787 g/mol. The van der Waals surface area contributed by atoms with Crippen molar-refractivity contribution in [1.82, 2.24) is 10.2 Å². The van der Waals surface area contributed by atoms with Crippen LogP contribution in [0.1, 0.15) is 43.4 Å². The number of allylic oxidation sites excluding steroid dienone is 1. The van der Waals surface area contributed by atoms with Crippen molar-refractivity contribution in [2.24, 2.45) is 11.8 Å². The maximum Gasteiger partial charge on any atom is 0.313 e. The summed E-state index contributed by atoms with van der Waals surface area (Å²) in [5.74, 6) is -4.15. The summed E-state index contributed by atoms with van der Waals surface area (Å²) in [6, 6.07) is 11.5. The van der Waals surface area contributed by atoms with E-state index < -0.39 is 77.0 Å². The predicted molar refractivity (Wildman–Crippen MR) is 196 cm³/mol. The molecule has 51 heavy (non-hydrogen) atoms. The van der Waals surface area contributed by atoms with Gasteiger partial charge < -0.3 is 34.4 Å². The molecule has 3 heterocycles. The van der Waals surface area contributed by atoms with Gasteiger partial charge >= 0.3 is 5.97 Å². The second-order valence-corrected chi connectivity index (χ2v) is 14.9. The molecule has 274 valence electrons. The van der Waals surface area contributed by atoms with E-state index in [1.165, 1.54) is 16.9 Å². The molecule has 3 amide bonds. The molecule has 0 radical (unpaired) electrons. The Morgan fingerprint density at radius 2 is 1.92 bits per heavy atom. The van der Waals surface area contributed by atoms with E-state index in [2.05, 4.69) is 34.4 Å². The Labute approximate surface area is 312 Å². The summed E-state index contributed by atoms with van der Waals surface area (Å²) in [4.78, 5) is 59.4. The standard InChI is InChI=1S/C38H45BrClN3O8/c1-6-8-17-28(45)41-27(21-49-5)32(24-14-10-9-11-15-24)50-37(48)29-30-35(46)43(23(4)20-44)34(38(30)19-25(39)33(29)51-38)36(47)42(18-7-2)31-22(3)13-12-16-26(31)40/h6-7,9-16,23,25,27,29-30,32-34,44H,1-2,8,17-21H2,3-5H3,(H,41,45)/t23-,25?,27+,29+,30-,32+,33+,34+,38-/m1/s1. The molecular weight excluding hydrogens is 742 g/mol. The summed E-state index contributed by atoms with van der Waals surface area (Å²) in [5.41, 5.74) is 0.393. The SMILES string of the molecule is C=CCCC(=O)N[C@@H](COC)[C@@H](OC(=O)[C@@H]1[C@H]2O[C@@]3(CC2Br)[C@H](C(=O)N(CC=C)c2c(C)cccc2Cl)N([C@H](C)CO)C(=O)[C@@H]13)c1ccccc1. The molecule has 9 atom stereocenters. The number of hydrogen-bond acceptors (Lipinski definition) is 8. The van der Waals surface area contributed by atoms with E-state index in [0.29, 0.717) is 22.7 Å². The van der Waals surface area contributed by atoms with Crippen LogP contribution in [0.3, 0.4) is 0 Å². The van der Waals surface area contributed by atoms with Crippen LogP contribution in [-0.4, -0.2) is 95.2 Å². The largest absolute Gasteiger partial charge is 0.455 e. The number of alkyl halides is 1. The fourth-order valence-electron chi connectivity index (χ4n) is 7.84. The minimum Gasteiger partial charge on any atom is -0.455 e. The van der Waals surface area contributed by atoms with Crippen molar-refractivity contribution >= 4 is 56.9 Å². The first-order valence-corrected chi connectivity index (χ1v) is 18.3. The molecule has 5 rings (SSSR count). The normalized spacial score (nSPS) is 26.6. The second-order valence-electron chi connectivity index (χ2n) is 13.3. The molecule has 2 aromatic rings. The van der Waals surface area contributed by atoms with Gasteiger partial charge in [0.05, 0.1) is 53.9 Å². The van der Waals surface area contributed by atoms with Gasteiger partial charge in [0, 0.05) is 24.9 Å². The zero-order valence-corrected chi connectivity index (χ0v) is 31.3. The first-order valence-electron chi connectivity index (χ1n) is 17.0. The van der Waals surface area contributed by atoms with Crippen LogP contribution in [0.2, 0.25) is 5.02 Å². The Hall–Kier alpha value is -3.55. The number of para-hydroxylation sites is 1. The van der Waals surface area contributed by atoms with Crippen LogP contribution in [0.5, 0.6) is 0 Å². The lowest BCUT2D eigenvalue weighted by Gasteiger charge is -2.39. The number of aliphatic hydroxyl groups excluding tert-OH is 1. The fraction of sp³-hybridized carbons (Fsp3) is 0.474.